The Morgan fingerprint density at radius 2 is 2.10 bits per heavy atom. The molecular weight excluding hydrogens is 356 g/mol. The van der Waals surface area contributed by atoms with E-state index in [1.807, 2.05) is 13.0 Å². The van der Waals surface area contributed by atoms with Crippen LogP contribution in [0, 0.1) is 6.92 Å². The zero-order chi connectivity index (χ0) is 15.4. The van der Waals surface area contributed by atoms with Crippen molar-refractivity contribution in [1.82, 2.24) is 0 Å². The summed E-state index contributed by atoms with van der Waals surface area (Å²) in [4.78, 5) is 11.9. The van der Waals surface area contributed by atoms with Gasteiger partial charge in [0.05, 0.1) is 16.4 Å². The number of halogens is 2. The molecule has 0 atom stereocenters. The first-order valence-corrected chi connectivity index (χ1v) is 7.36. The van der Waals surface area contributed by atoms with Crippen LogP contribution in [0.3, 0.4) is 0 Å². The molecule has 110 valence electrons. The third-order valence-corrected chi connectivity index (χ3v) is 3.52. The van der Waals surface area contributed by atoms with E-state index in [2.05, 4.69) is 21.2 Å². The summed E-state index contributed by atoms with van der Waals surface area (Å²) in [6, 6.07) is 10.6. The number of nitrogens with two attached hydrogens (primary N) is 1. The fraction of sp³-hybridized carbons (Fsp3) is 0.133. The van der Waals surface area contributed by atoms with Crippen LogP contribution in [-0.4, -0.2) is 12.5 Å². The number of carbonyl (C=O) groups excluding carboxylic acids is 1. The summed E-state index contributed by atoms with van der Waals surface area (Å²) in [7, 11) is 0. The molecule has 0 saturated heterocycles. The monoisotopic (exact) mass is 368 g/mol. The summed E-state index contributed by atoms with van der Waals surface area (Å²) >= 11 is 9.31. The van der Waals surface area contributed by atoms with Gasteiger partial charge < -0.3 is 15.8 Å². The molecule has 2 aromatic rings. The Morgan fingerprint density at radius 3 is 2.76 bits per heavy atom. The maximum absolute atomic E-state index is 11.9. The van der Waals surface area contributed by atoms with Gasteiger partial charge in [-0.2, -0.15) is 0 Å². The number of amides is 1. The number of benzene rings is 2. The highest BCUT2D eigenvalue weighted by Crippen LogP contribution is 2.27. The minimum atomic E-state index is -0.301. The van der Waals surface area contributed by atoms with Crippen LogP contribution in [0.25, 0.3) is 0 Å². The number of rotatable bonds is 4. The van der Waals surface area contributed by atoms with E-state index in [9.17, 15) is 4.79 Å². The average Bonchev–Trinajstić information content (AvgIpc) is 2.41. The standard InChI is InChI=1S/C15H14BrClN2O2/c1-9-2-4-13(12(18)6-9)19-15(20)8-21-14-5-3-10(16)7-11(14)17/h2-7H,8,18H2,1H3,(H,19,20). The first-order chi connectivity index (χ1) is 9.95. The summed E-state index contributed by atoms with van der Waals surface area (Å²) in [6.45, 7) is 1.79. The van der Waals surface area contributed by atoms with Gasteiger partial charge in [-0.15, -0.1) is 0 Å². The maximum Gasteiger partial charge on any atom is 0.262 e. The number of nitrogens with one attached hydrogen (secondary N) is 1. The molecule has 4 nitrogen and oxygen atoms in total. The van der Waals surface area contributed by atoms with Crippen molar-refractivity contribution < 1.29 is 9.53 Å². The van der Waals surface area contributed by atoms with Crippen molar-refractivity contribution in [3.63, 3.8) is 0 Å². The normalized spacial score (nSPS) is 10.2. The molecule has 3 N–H and O–H groups in total. The molecule has 0 aliphatic rings. The van der Waals surface area contributed by atoms with Crippen LogP contribution >= 0.6 is 27.5 Å². The van der Waals surface area contributed by atoms with Crippen molar-refractivity contribution in [3.05, 3.63) is 51.5 Å². The second-order valence-corrected chi connectivity index (χ2v) is 5.83. The second kappa shape index (κ2) is 6.83. The summed E-state index contributed by atoms with van der Waals surface area (Å²) in [5.41, 5.74) is 7.95. The Bertz CT molecular complexity index is 677. The van der Waals surface area contributed by atoms with E-state index in [1.54, 1.807) is 30.3 Å². The van der Waals surface area contributed by atoms with E-state index < -0.39 is 0 Å². The molecule has 0 aromatic heterocycles. The summed E-state index contributed by atoms with van der Waals surface area (Å²) in [5, 5.41) is 3.13. The van der Waals surface area contributed by atoms with Gasteiger partial charge in [0, 0.05) is 4.47 Å². The molecule has 21 heavy (non-hydrogen) atoms. The van der Waals surface area contributed by atoms with Crippen molar-refractivity contribution in [2.45, 2.75) is 6.92 Å². The van der Waals surface area contributed by atoms with Crippen LogP contribution in [-0.2, 0) is 4.79 Å². The predicted octanol–water partition coefficient (Wildman–Crippen LogP) is 4.01. The Morgan fingerprint density at radius 1 is 1.33 bits per heavy atom. The van der Waals surface area contributed by atoms with Crippen LogP contribution in [0.5, 0.6) is 5.75 Å². The molecule has 0 fully saturated rings. The van der Waals surface area contributed by atoms with Gasteiger partial charge in [0.1, 0.15) is 5.75 Å². The largest absolute Gasteiger partial charge is 0.482 e. The molecule has 0 heterocycles. The summed E-state index contributed by atoms with van der Waals surface area (Å²) < 4.78 is 6.23. The van der Waals surface area contributed by atoms with Crippen LogP contribution in [0.4, 0.5) is 11.4 Å². The van der Waals surface area contributed by atoms with Gasteiger partial charge >= 0.3 is 0 Å². The number of carbonyl (C=O) groups is 1. The lowest BCUT2D eigenvalue weighted by atomic mass is 10.2. The Balaban J connectivity index is 1.96. The molecule has 0 spiro atoms. The van der Waals surface area contributed by atoms with Gasteiger partial charge in [0.25, 0.3) is 5.91 Å². The Labute approximate surface area is 136 Å². The Kier molecular flexibility index (Phi) is 5.09. The van der Waals surface area contributed by atoms with E-state index in [4.69, 9.17) is 22.1 Å². The smallest absolute Gasteiger partial charge is 0.262 e. The fourth-order valence-electron chi connectivity index (χ4n) is 1.72. The molecule has 0 unspecified atom stereocenters. The minimum absolute atomic E-state index is 0.144. The van der Waals surface area contributed by atoms with E-state index in [1.165, 1.54) is 0 Å². The quantitative estimate of drug-likeness (QED) is 0.800. The molecular formula is C15H14BrClN2O2. The first-order valence-electron chi connectivity index (χ1n) is 6.19. The third kappa shape index (κ3) is 4.37. The number of anilines is 2. The molecule has 0 bridgehead atoms. The first kappa shape index (κ1) is 15.7. The zero-order valence-corrected chi connectivity index (χ0v) is 13.7. The van der Waals surface area contributed by atoms with Crippen molar-refractivity contribution in [3.8, 4) is 5.75 Å². The molecule has 1 amide bonds. The molecule has 0 aliphatic carbocycles. The van der Waals surface area contributed by atoms with Crippen molar-refractivity contribution in [1.29, 1.82) is 0 Å². The SMILES string of the molecule is Cc1ccc(NC(=O)COc2ccc(Br)cc2Cl)c(N)c1. The lowest BCUT2D eigenvalue weighted by Gasteiger charge is -2.11. The number of nitrogen functional groups attached to an aromatic ring is 1. The van der Waals surface area contributed by atoms with E-state index >= 15 is 0 Å². The molecule has 2 rings (SSSR count). The predicted molar refractivity (Wildman–Crippen MR) is 88.9 cm³/mol. The van der Waals surface area contributed by atoms with Crippen molar-refractivity contribution in [2.24, 2.45) is 0 Å². The highest BCUT2D eigenvalue weighted by atomic mass is 79.9. The van der Waals surface area contributed by atoms with Gasteiger partial charge in [0.2, 0.25) is 0 Å². The summed E-state index contributed by atoms with van der Waals surface area (Å²) in [5.74, 6) is 0.149. The van der Waals surface area contributed by atoms with Crippen LogP contribution < -0.4 is 15.8 Å². The van der Waals surface area contributed by atoms with Crippen molar-refractivity contribution in [2.75, 3.05) is 17.7 Å². The van der Waals surface area contributed by atoms with Crippen LogP contribution in [0.15, 0.2) is 40.9 Å². The van der Waals surface area contributed by atoms with Gasteiger partial charge in [-0.3, -0.25) is 4.79 Å². The third-order valence-electron chi connectivity index (χ3n) is 2.73. The van der Waals surface area contributed by atoms with Gasteiger partial charge in [-0.05, 0) is 42.8 Å². The second-order valence-electron chi connectivity index (χ2n) is 4.50. The lowest BCUT2D eigenvalue weighted by molar-refractivity contribution is -0.118. The zero-order valence-electron chi connectivity index (χ0n) is 11.3. The maximum atomic E-state index is 11.9. The van der Waals surface area contributed by atoms with Crippen LogP contribution in [0.1, 0.15) is 5.56 Å². The highest BCUT2D eigenvalue weighted by molar-refractivity contribution is 9.10. The molecule has 0 radical (unpaired) electrons. The van der Waals surface area contributed by atoms with E-state index in [-0.39, 0.29) is 12.5 Å². The average molecular weight is 370 g/mol. The molecule has 6 heteroatoms. The summed E-state index contributed by atoms with van der Waals surface area (Å²) in [6.07, 6.45) is 0. The topological polar surface area (TPSA) is 64.3 Å². The number of hydrogen-bond donors (Lipinski definition) is 2. The van der Waals surface area contributed by atoms with Crippen LogP contribution in [0.2, 0.25) is 5.02 Å². The Hall–Kier alpha value is -1.72. The fourth-order valence-corrected chi connectivity index (χ4v) is 2.45. The van der Waals surface area contributed by atoms with Gasteiger partial charge in [0.15, 0.2) is 6.61 Å². The number of ether oxygens (including phenoxy) is 1. The highest BCUT2D eigenvalue weighted by Gasteiger charge is 2.08. The number of hydrogen-bond acceptors (Lipinski definition) is 3. The van der Waals surface area contributed by atoms with Crippen molar-refractivity contribution >= 4 is 44.8 Å². The van der Waals surface area contributed by atoms with Gasteiger partial charge in [-0.1, -0.05) is 33.6 Å². The molecule has 0 aliphatic heterocycles. The van der Waals surface area contributed by atoms with E-state index in [0.29, 0.717) is 22.1 Å². The molecule has 2 aromatic carbocycles. The van der Waals surface area contributed by atoms with Gasteiger partial charge in [-0.25, -0.2) is 0 Å². The van der Waals surface area contributed by atoms with E-state index in [0.717, 1.165) is 10.0 Å². The lowest BCUT2D eigenvalue weighted by Crippen LogP contribution is -2.20. The minimum Gasteiger partial charge on any atom is -0.482 e. The molecule has 0 saturated carbocycles. The number of aryl methyl sites for hydroxylation is 1.